The second-order valence-corrected chi connectivity index (χ2v) is 9.27. The lowest BCUT2D eigenvalue weighted by molar-refractivity contribution is -0.120. The summed E-state index contributed by atoms with van der Waals surface area (Å²) in [6.45, 7) is 5.85. The summed E-state index contributed by atoms with van der Waals surface area (Å²) in [6.07, 6.45) is 3.21. The molecule has 0 aromatic heterocycles. The zero-order chi connectivity index (χ0) is 22.2. The van der Waals surface area contributed by atoms with Gasteiger partial charge >= 0.3 is 0 Å². The third-order valence-electron chi connectivity index (χ3n) is 5.72. The fourth-order valence-corrected chi connectivity index (χ4v) is 4.20. The van der Waals surface area contributed by atoms with Gasteiger partial charge in [-0.05, 0) is 83.5 Å². The van der Waals surface area contributed by atoms with Crippen LogP contribution in [0.1, 0.15) is 41.3 Å². The summed E-state index contributed by atoms with van der Waals surface area (Å²) in [7, 11) is 0. The minimum absolute atomic E-state index is 0.0360. The molecule has 1 aliphatic heterocycles. The Morgan fingerprint density at radius 3 is 2.39 bits per heavy atom. The van der Waals surface area contributed by atoms with Crippen molar-refractivity contribution in [3.63, 3.8) is 0 Å². The number of hydrogen-bond acceptors (Lipinski definition) is 3. The molecule has 166 valence electrons. The number of rotatable bonds is 8. The predicted molar refractivity (Wildman–Crippen MR) is 128 cm³/mol. The van der Waals surface area contributed by atoms with E-state index < -0.39 is 0 Å². The second kappa shape index (κ2) is 11.7. The van der Waals surface area contributed by atoms with Crippen LogP contribution >= 0.6 is 27.5 Å². The van der Waals surface area contributed by atoms with Crippen molar-refractivity contribution in [3.05, 3.63) is 68.7 Å². The molecule has 2 N–H and O–H groups in total. The summed E-state index contributed by atoms with van der Waals surface area (Å²) in [5, 5.41) is 6.14. The molecule has 0 aliphatic carbocycles. The summed E-state index contributed by atoms with van der Waals surface area (Å²) in [6, 6.07) is 13.8. The fraction of sp³-hybridized carbons (Fsp3) is 0.417. The monoisotopic (exact) mass is 505 g/mol. The van der Waals surface area contributed by atoms with Crippen molar-refractivity contribution >= 4 is 39.3 Å². The Morgan fingerprint density at radius 2 is 1.74 bits per heavy atom. The first-order valence-corrected chi connectivity index (χ1v) is 11.9. The molecule has 2 aromatic carbocycles. The number of carbonyl (C=O) groups excluding carboxylic acids is 2. The molecule has 0 saturated carbocycles. The second-order valence-electron chi connectivity index (χ2n) is 8.01. The lowest BCUT2D eigenvalue weighted by Gasteiger charge is -2.32. The zero-order valence-electron chi connectivity index (χ0n) is 17.8. The average molecular weight is 507 g/mol. The van der Waals surface area contributed by atoms with Crippen LogP contribution in [0.4, 0.5) is 0 Å². The van der Waals surface area contributed by atoms with Gasteiger partial charge in [-0.2, -0.15) is 0 Å². The van der Waals surface area contributed by atoms with Crippen LogP contribution in [0, 0.1) is 5.92 Å². The van der Waals surface area contributed by atoms with Crippen LogP contribution in [0.3, 0.4) is 0 Å². The van der Waals surface area contributed by atoms with Gasteiger partial charge in [0, 0.05) is 23.1 Å². The standard InChI is InChI=1S/C24H29BrClN3O2/c1-2-17-3-5-19(6-4-17)16-29-11-9-18(10-12-29)14-27-23(30)15-28-24(31)20-7-8-22(26)21(25)13-20/h3-8,13,18H,2,9-12,14-16H2,1H3,(H,27,30)(H,28,31). The summed E-state index contributed by atoms with van der Waals surface area (Å²) in [5.41, 5.74) is 3.18. The third-order valence-corrected chi connectivity index (χ3v) is 6.94. The summed E-state index contributed by atoms with van der Waals surface area (Å²) >= 11 is 9.24. The quantitative estimate of drug-likeness (QED) is 0.557. The van der Waals surface area contributed by atoms with E-state index in [1.165, 1.54) is 11.1 Å². The van der Waals surface area contributed by atoms with E-state index in [2.05, 4.69) is 62.7 Å². The molecule has 2 amide bonds. The number of nitrogens with one attached hydrogen (secondary N) is 2. The number of halogens is 2. The van der Waals surface area contributed by atoms with Gasteiger partial charge in [0.2, 0.25) is 5.91 Å². The first-order valence-electron chi connectivity index (χ1n) is 10.7. The molecule has 0 atom stereocenters. The van der Waals surface area contributed by atoms with Crippen LogP contribution in [0.15, 0.2) is 46.9 Å². The molecule has 2 aromatic rings. The van der Waals surface area contributed by atoms with Gasteiger partial charge in [-0.1, -0.05) is 42.8 Å². The van der Waals surface area contributed by atoms with Gasteiger partial charge in [-0.25, -0.2) is 0 Å². The molecule has 5 nitrogen and oxygen atoms in total. The number of piperidine rings is 1. The van der Waals surface area contributed by atoms with Crippen molar-refractivity contribution in [2.45, 2.75) is 32.7 Å². The number of aryl methyl sites for hydroxylation is 1. The van der Waals surface area contributed by atoms with Crippen LogP contribution in [0.5, 0.6) is 0 Å². The highest BCUT2D eigenvalue weighted by atomic mass is 79.9. The average Bonchev–Trinajstić information content (AvgIpc) is 2.79. The van der Waals surface area contributed by atoms with E-state index in [4.69, 9.17) is 11.6 Å². The van der Waals surface area contributed by atoms with Gasteiger partial charge in [0.05, 0.1) is 11.6 Å². The maximum absolute atomic E-state index is 12.2. The summed E-state index contributed by atoms with van der Waals surface area (Å²) in [4.78, 5) is 26.8. The van der Waals surface area contributed by atoms with E-state index in [9.17, 15) is 9.59 Å². The highest BCUT2D eigenvalue weighted by molar-refractivity contribution is 9.10. The predicted octanol–water partition coefficient (Wildman–Crippen LogP) is 4.42. The van der Waals surface area contributed by atoms with Crippen molar-refractivity contribution in [3.8, 4) is 0 Å². The molecule has 1 fully saturated rings. The molecular weight excluding hydrogens is 478 g/mol. The number of amides is 2. The molecule has 3 rings (SSSR count). The molecule has 31 heavy (non-hydrogen) atoms. The number of nitrogens with zero attached hydrogens (tertiary/aromatic N) is 1. The number of carbonyl (C=O) groups is 2. The van der Waals surface area contributed by atoms with E-state index in [0.717, 1.165) is 38.9 Å². The van der Waals surface area contributed by atoms with Crippen LogP contribution in [0.25, 0.3) is 0 Å². The van der Waals surface area contributed by atoms with E-state index >= 15 is 0 Å². The summed E-state index contributed by atoms with van der Waals surface area (Å²) in [5.74, 6) is 0.0122. The fourth-order valence-electron chi connectivity index (χ4n) is 3.71. The Kier molecular flexibility index (Phi) is 8.93. The zero-order valence-corrected chi connectivity index (χ0v) is 20.1. The van der Waals surface area contributed by atoms with E-state index in [0.29, 0.717) is 27.5 Å². The lowest BCUT2D eigenvalue weighted by atomic mass is 9.96. The van der Waals surface area contributed by atoms with E-state index in [-0.39, 0.29) is 18.4 Å². The van der Waals surface area contributed by atoms with Crippen molar-refractivity contribution in [2.24, 2.45) is 5.92 Å². The Morgan fingerprint density at radius 1 is 1.06 bits per heavy atom. The van der Waals surface area contributed by atoms with E-state index in [1.807, 2.05) is 0 Å². The normalized spacial score (nSPS) is 14.9. The van der Waals surface area contributed by atoms with Gasteiger partial charge < -0.3 is 10.6 Å². The Hall–Kier alpha value is -1.89. The Bertz CT molecular complexity index is 896. The number of benzene rings is 2. The van der Waals surface area contributed by atoms with Crippen molar-refractivity contribution < 1.29 is 9.59 Å². The topological polar surface area (TPSA) is 61.4 Å². The SMILES string of the molecule is CCc1ccc(CN2CCC(CNC(=O)CNC(=O)c3ccc(Cl)c(Br)c3)CC2)cc1. The maximum atomic E-state index is 12.2. The van der Waals surface area contributed by atoms with Crippen molar-refractivity contribution in [2.75, 3.05) is 26.2 Å². The van der Waals surface area contributed by atoms with Crippen LogP contribution < -0.4 is 10.6 Å². The minimum Gasteiger partial charge on any atom is -0.354 e. The Labute approximate surface area is 197 Å². The van der Waals surface area contributed by atoms with Gasteiger partial charge in [0.25, 0.3) is 5.91 Å². The minimum atomic E-state index is -0.298. The first-order chi connectivity index (χ1) is 14.9. The molecule has 0 radical (unpaired) electrons. The largest absolute Gasteiger partial charge is 0.354 e. The number of hydrogen-bond donors (Lipinski definition) is 2. The molecule has 1 saturated heterocycles. The van der Waals surface area contributed by atoms with Gasteiger partial charge in [-0.15, -0.1) is 0 Å². The smallest absolute Gasteiger partial charge is 0.251 e. The van der Waals surface area contributed by atoms with Gasteiger partial charge in [0.15, 0.2) is 0 Å². The molecule has 7 heteroatoms. The van der Waals surface area contributed by atoms with Crippen molar-refractivity contribution in [1.82, 2.24) is 15.5 Å². The number of likely N-dealkylation sites (tertiary alicyclic amines) is 1. The van der Waals surface area contributed by atoms with E-state index in [1.54, 1.807) is 18.2 Å². The third kappa shape index (κ3) is 7.34. The lowest BCUT2D eigenvalue weighted by Crippen LogP contribution is -2.41. The molecule has 0 bridgehead atoms. The van der Waals surface area contributed by atoms with Crippen molar-refractivity contribution in [1.29, 1.82) is 0 Å². The maximum Gasteiger partial charge on any atom is 0.251 e. The Balaban J connectivity index is 1.33. The van der Waals surface area contributed by atoms with Crippen LogP contribution in [0.2, 0.25) is 5.02 Å². The molecule has 1 aliphatic rings. The molecule has 0 unspecified atom stereocenters. The molecule has 0 spiro atoms. The molecular formula is C24H29BrClN3O2. The first kappa shape index (κ1) is 23.8. The highest BCUT2D eigenvalue weighted by Gasteiger charge is 2.20. The molecule has 1 heterocycles. The van der Waals surface area contributed by atoms with Crippen LogP contribution in [-0.2, 0) is 17.8 Å². The summed E-state index contributed by atoms with van der Waals surface area (Å²) < 4.78 is 0.649. The van der Waals surface area contributed by atoms with Crippen LogP contribution in [-0.4, -0.2) is 42.9 Å². The highest BCUT2D eigenvalue weighted by Crippen LogP contribution is 2.23. The van der Waals surface area contributed by atoms with Gasteiger partial charge in [-0.3, -0.25) is 14.5 Å². The van der Waals surface area contributed by atoms with Gasteiger partial charge in [0.1, 0.15) is 0 Å².